The molecule has 2 aliphatic carbocycles. The van der Waals surface area contributed by atoms with Crippen LogP contribution in [0.1, 0.15) is 50.8 Å². The summed E-state index contributed by atoms with van der Waals surface area (Å²) in [5, 5.41) is 8.51. The SMILES string of the molecule is CCS(=O)(=O)N1CC(c2nncn2CC2CC2)C2(CCC2)C1. The van der Waals surface area contributed by atoms with Crippen molar-refractivity contribution in [3.05, 3.63) is 12.2 Å². The normalized spacial score (nSPS) is 28.1. The molecule has 3 fully saturated rings. The van der Waals surface area contributed by atoms with E-state index in [2.05, 4.69) is 14.8 Å². The van der Waals surface area contributed by atoms with Crippen molar-refractivity contribution < 1.29 is 8.42 Å². The molecule has 0 radical (unpaired) electrons. The maximum Gasteiger partial charge on any atom is 0.213 e. The Bertz CT molecular complexity index is 661. The fraction of sp³-hybridized carbons (Fsp3) is 0.867. The number of sulfonamides is 1. The van der Waals surface area contributed by atoms with E-state index in [1.54, 1.807) is 11.2 Å². The van der Waals surface area contributed by atoms with Crippen LogP contribution >= 0.6 is 0 Å². The van der Waals surface area contributed by atoms with E-state index in [-0.39, 0.29) is 17.1 Å². The van der Waals surface area contributed by atoms with E-state index in [0.717, 1.165) is 31.1 Å². The van der Waals surface area contributed by atoms with Gasteiger partial charge in [0.25, 0.3) is 0 Å². The fourth-order valence-electron chi connectivity index (χ4n) is 4.06. The predicted octanol–water partition coefficient (Wildman–Crippen LogP) is 1.61. The zero-order valence-corrected chi connectivity index (χ0v) is 13.9. The van der Waals surface area contributed by atoms with Crippen molar-refractivity contribution >= 4 is 10.0 Å². The molecule has 2 saturated carbocycles. The highest BCUT2D eigenvalue weighted by atomic mass is 32.2. The van der Waals surface area contributed by atoms with Gasteiger partial charge in [0.2, 0.25) is 10.0 Å². The van der Waals surface area contributed by atoms with Crippen molar-refractivity contribution in [1.82, 2.24) is 19.1 Å². The predicted molar refractivity (Wildman–Crippen MR) is 82.8 cm³/mol. The molecule has 22 heavy (non-hydrogen) atoms. The zero-order valence-electron chi connectivity index (χ0n) is 13.1. The Morgan fingerprint density at radius 3 is 2.73 bits per heavy atom. The van der Waals surface area contributed by atoms with Gasteiger partial charge in [0.15, 0.2) is 0 Å². The van der Waals surface area contributed by atoms with Crippen LogP contribution < -0.4 is 0 Å². The van der Waals surface area contributed by atoms with Crippen molar-refractivity contribution in [1.29, 1.82) is 0 Å². The maximum atomic E-state index is 12.3. The first kappa shape index (κ1) is 14.6. The minimum Gasteiger partial charge on any atom is -0.317 e. The van der Waals surface area contributed by atoms with Crippen LogP contribution in [0.3, 0.4) is 0 Å². The second kappa shape index (κ2) is 5.03. The quantitative estimate of drug-likeness (QED) is 0.825. The first-order chi connectivity index (χ1) is 10.5. The lowest BCUT2D eigenvalue weighted by Gasteiger charge is -2.42. The molecule has 0 N–H and O–H groups in total. The highest BCUT2D eigenvalue weighted by Crippen LogP contribution is 2.56. The minimum absolute atomic E-state index is 0.108. The van der Waals surface area contributed by atoms with Crippen molar-refractivity contribution in [2.24, 2.45) is 11.3 Å². The molecule has 6 nitrogen and oxygen atoms in total. The van der Waals surface area contributed by atoms with Gasteiger partial charge in [-0.05, 0) is 43.9 Å². The summed E-state index contributed by atoms with van der Waals surface area (Å²) < 4.78 is 28.5. The number of aromatic nitrogens is 3. The van der Waals surface area contributed by atoms with Crippen molar-refractivity contribution in [2.45, 2.75) is 51.5 Å². The maximum absolute atomic E-state index is 12.3. The largest absolute Gasteiger partial charge is 0.317 e. The van der Waals surface area contributed by atoms with Crippen LogP contribution in [0.2, 0.25) is 0 Å². The van der Waals surface area contributed by atoms with Crippen LogP contribution in [0.4, 0.5) is 0 Å². The van der Waals surface area contributed by atoms with Crippen LogP contribution in [0.5, 0.6) is 0 Å². The molecule has 1 atom stereocenters. The van der Waals surface area contributed by atoms with Crippen LogP contribution in [-0.2, 0) is 16.6 Å². The Hall–Kier alpha value is -0.950. The molecule has 0 aromatic carbocycles. The molecule has 122 valence electrons. The molecule has 1 aliphatic heterocycles. The third kappa shape index (κ3) is 2.29. The van der Waals surface area contributed by atoms with Crippen molar-refractivity contribution in [3.63, 3.8) is 0 Å². The molecule has 2 heterocycles. The van der Waals surface area contributed by atoms with E-state index in [1.807, 2.05) is 6.33 Å². The molecule has 1 spiro atoms. The topological polar surface area (TPSA) is 68.1 Å². The summed E-state index contributed by atoms with van der Waals surface area (Å²) in [5.74, 6) is 2.18. The Balaban J connectivity index is 1.63. The van der Waals surface area contributed by atoms with Crippen LogP contribution in [-0.4, -0.2) is 46.3 Å². The lowest BCUT2D eigenvalue weighted by Crippen LogP contribution is -2.38. The highest BCUT2D eigenvalue weighted by Gasteiger charge is 2.54. The monoisotopic (exact) mass is 324 g/mol. The molecular weight excluding hydrogens is 300 g/mol. The third-order valence-electron chi connectivity index (χ3n) is 5.83. The Kier molecular flexibility index (Phi) is 3.34. The van der Waals surface area contributed by atoms with Gasteiger partial charge < -0.3 is 4.57 Å². The van der Waals surface area contributed by atoms with Crippen molar-refractivity contribution in [2.75, 3.05) is 18.8 Å². The molecule has 1 aromatic heterocycles. The number of hydrogen-bond donors (Lipinski definition) is 0. The van der Waals surface area contributed by atoms with Gasteiger partial charge >= 0.3 is 0 Å². The summed E-state index contributed by atoms with van der Waals surface area (Å²) in [6.45, 7) is 3.98. The Labute approximate surface area is 132 Å². The van der Waals surface area contributed by atoms with Gasteiger partial charge in [0, 0.05) is 25.6 Å². The molecule has 4 rings (SSSR count). The van der Waals surface area contributed by atoms with Crippen LogP contribution in [0.15, 0.2) is 6.33 Å². The summed E-state index contributed by atoms with van der Waals surface area (Å²) in [5.41, 5.74) is 0.108. The average Bonchev–Trinajstić information content (AvgIpc) is 3.00. The van der Waals surface area contributed by atoms with Gasteiger partial charge in [-0.2, -0.15) is 0 Å². The van der Waals surface area contributed by atoms with E-state index in [4.69, 9.17) is 0 Å². The van der Waals surface area contributed by atoms with Gasteiger partial charge in [-0.15, -0.1) is 10.2 Å². The molecule has 3 aliphatic rings. The number of rotatable bonds is 5. The van der Waals surface area contributed by atoms with E-state index >= 15 is 0 Å². The Morgan fingerprint density at radius 1 is 1.36 bits per heavy atom. The molecule has 1 saturated heterocycles. The summed E-state index contributed by atoms with van der Waals surface area (Å²) in [6.07, 6.45) is 7.85. The molecule has 1 unspecified atom stereocenters. The summed E-state index contributed by atoms with van der Waals surface area (Å²) in [7, 11) is -3.12. The number of hydrogen-bond acceptors (Lipinski definition) is 4. The molecule has 7 heteroatoms. The lowest BCUT2D eigenvalue weighted by molar-refractivity contribution is 0.125. The zero-order chi connectivity index (χ0) is 15.4. The van der Waals surface area contributed by atoms with Gasteiger partial charge in [0.1, 0.15) is 12.2 Å². The minimum atomic E-state index is -3.12. The van der Waals surface area contributed by atoms with Gasteiger partial charge in [0.05, 0.1) is 5.75 Å². The van der Waals surface area contributed by atoms with Crippen LogP contribution in [0, 0.1) is 11.3 Å². The average molecular weight is 324 g/mol. The summed E-state index contributed by atoms with van der Waals surface area (Å²) in [6, 6.07) is 0. The van der Waals surface area contributed by atoms with E-state index in [0.29, 0.717) is 13.1 Å². The second-order valence-corrected chi connectivity index (χ2v) is 9.50. The lowest BCUT2D eigenvalue weighted by atomic mass is 9.62. The van der Waals surface area contributed by atoms with E-state index in [1.165, 1.54) is 19.3 Å². The fourth-order valence-corrected chi connectivity index (χ4v) is 5.26. The first-order valence-corrected chi connectivity index (χ1v) is 10.0. The van der Waals surface area contributed by atoms with Gasteiger partial charge in [-0.1, -0.05) is 6.42 Å². The van der Waals surface area contributed by atoms with E-state index in [9.17, 15) is 8.42 Å². The molecular formula is C15H24N4O2S. The smallest absolute Gasteiger partial charge is 0.213 e. The van der Waals surface area contributed by atoms with Gasteiger partial charge in [-0.3, -0.25) is 0 Å². The third-order valence-corrected chi connectivity index (χ3v) is 7.63. The van der Waals surface area contributed by atoms with Gasteiger partial charge in [-0.25, -0.2) is 12.7 Å². The standard InChI is InChI=1S/C15H24N4O2S/c1-2-22(20,21)19-9-13(15(10-19)6-3-7-15)14-17-16-11-18(14)8-12-4-5-12/h11-13H,2-10H2,1H3. The second-order valence-electron chi connectivity index (χ2n) is 7.25. The van der Waals surface area contributed by atoms with Crippen molar-refractivity contribution in [3.8, 4) is 0 Å². The Morgan fingerprint density at radius 2 is 2.14 bits per heavy atom. The molecule has 0 bridgehead atoms. The molecule has 0 amide bonds. The summed E-state index contributed by atoms with van der Waals surface area (Å²) >= 11 is 0. The van der Waals surface area contributed by atoms with Crippen LogP contribution in [0.25, 0.3) is 0 Å². The molecule has 1 aromatic rings. The highest BCUT2D eigenvalue weighted by molar-refractivity contribution is 7.89. The first-order valence-electron chi connectivity index (χ1n) is 8.39. The number of nitrogens with zero attached hydrogens (tertiary/aromatic N) is 4. The van der Waals surface area contributed by atoms with E-state index < -0.39 is 10.0 Å². The summed E-state index contributed by atoms with van der Waals surface area (Å²) in [4.78, 5) is 0.